The maximum Gasteiger partial charge on any atom is 0.245 e. The second-order valence-electron chi connectivity index (χ2n) is 6.08. The van der Waals surface area contributed by atoms with Gasteiger partial charge < -0.3 is 5.73 Å². The Morgan fingerprint density at radius 1 is 1.19 bits per heavy atom. The molecule has 0 amide bonds. The van der Waals surface area contributed by atoms with Crippen LogP contribution in [-0.4, -0.2) is 25.8 Å². The molecule has 2 N–H and O–H groups in total. The molecule has 21 heavy (non-hydrogen) atoms. The van der Waals surface area contributed by atoms with Gasteiger partial charge >= 0.3 is 0 Å². The first-order valence-corrected chi connectivity index (χ1v) is 9.17. The number of benzene rings is 1. The molecule has 1 fully saturated rings. The van der Waals surface area contributed by atoms with Gasteiger partial charge in [0.2, 0.25) is 10.0 Å². The van der Waals surface area contributed by atoms with Crippen molar-refractivity contribution in [3.63, 3.8) is 0 Å². The third kappa shape index (κ3) is 3.40. The monoisotopic (exact) mass is 310 g/mol. The van der Waals surface area contributed by atoms with E-state index < -0.39 is 10.0 Å². The number of anilines is 1. The number of nitrogens with two attached hydrogens (primary N) is 1. The number of hydrogen-bond donors (Lipinski definition) is 1. The highest BCUT2D eigenvalue weighted by Gasteiger charge is 2.29. The van der Waals surface area contributed by atoms with Gasteiger partial charge in [0.1, 0.15) is 4.90 Å². The first-order chi connectivity index (χ1) is 9.86. The zero-order chi connectivity index (χ0) is 15.6. The highest BCUT2D eigenvalue weighted by atomic mass is 32.2. The molecule has 2 rings (SSSR count). The number of nitrogen functional groups attached to an aromatic ring is 1. The van der Waals surface area contributed by atoms with Crippen LogP contribution in [0.3, 0.4) is 0 Å². The molecule has 1 unspecified atom stereocenters. The summed E-state index contributed by atoms with van der Waals surface area (Å²) >= 11 is 0. The van der Waals surface area contributed by atoms with Crippen LogP contribution in [0.4, 0.5) is 5.69 Å². The smallest absolute Gasteiger partial charge is 0.245 e. The van der Waals surface area contributed by atoms with E-state index in [1.54, 1.807) is 16.4 Å². The molecular formula is C16H26N2O2S. The van der Waals surface area contributed by atoms with E-state index >= 15 is 0 Å². The van der Waals surface area contributed by atoms with Crippen molar-refractivity contribution in [2.24, 2.45) is 5.92 Å². The molecule has 0 radical (unpaired) electrons. The van der Waals surface area contributed by atoms with E-state index in [9.17, 15) is 8.42 Å². The van der Waals surface area contributed by atoms with E-state index in [1.165, 1.54) is 0 Å². The van der Waals surface area contributed by atoms with Crippen molar-refractivity contribution in [1.29, 1.82) is 0 Å². The second kappa shape index (κ2) is 6.36. The summed E-state index contributed by atoms with van der Waals surface area (Å²) in [4.78, 5) is 0.264. The van der Waals surface area contributed by atoms with Crippen LogP contribution in [0.1, 0.15) is 43.7 Å². The predicted octanol–water partition coefficient (Wildman–Crippen LogP) is 3.09. The third-order valence-corrected chi connectivity index (χ3v) is 6.58. The van der Waals surface area contributed by atoms with Crippen LogP contribution in [0.15, 0.2) is 17.0 Å². The van der Waals surface area contributed by atoms with Gasteiger partial charge in [0, 0.05) is 13.1 Å². The lowest BCUT2D eigenvalue weighted by Gasteiger charge is -2.22. The van der Waals surface area contributed by atoms with Gasteiger partial charge in [-0.15, -0.1) is 0 Å². The van der Waals surface area contributed by atoms with E-state index in [2.05, 4.69) is 6.92 Å². The average Bonchev–Trinajstić information content (AvgIpc) is 2.68. The topological polar surface area (TPSA) is 63.4 Å². The van der Waals surface area contributed by atoms with Crippen molar-refractivity contribution in [3.8, 4) is 0 Å². The van der Waals surface area contributed by atoms with Crippen molar-refractivity contribution >= 4 is 15.7 Å². The molecule has 0 bridgehead atoms. The summed E-state index contributed by atoms with van der Waals surface area (Å²) in [6.45, 7) is 7.25. The maximum atomic E-state index is 12.9. The Hall–Kier alpha value is -1.07. The molecule has 5 heteroatoms. The van der Waals surface area contributed by atoms with Crippen LogP contribution in [0.25, 0.3) is 0 Å². The maximum absolute atomic E-state index is 12.9. The fourth-order valence-corrected chi connectivity index (χ4v) is 4.64. The van der Waals surface area contributed by atoms with E-state index in [1.807, 2.05) is 13.8 Å². The largest absolute Gasteiger partial charge is 0.398 e. The normalized spacial score (nSPS) is 21.2. The predicted molar refractivity (Wildman–Crippen MR) is 86.7 cm³/mol. The molecule has 4 nitrogen and oxygen atoms in total. The Bertz CT molecular complexity index is 611. The molecule has 1 aliphatic heterocycles. The minimum Gasteiger partial charge on any atom is -0.398 e. The van der Waals surface area contributed by atoms with Crippen LogP contribution in [0.5, 0.6) is 0 Å². The molecule has 1 aliphatic rings. The Balaban J connectivity index is 2.32. The molecular weight excluding hydrogens is 284 g/mol. The SMILES string of the molecule is CCC1CCCN(S(=O)(=O)c2cc(C)c(C)cc2N)CC1. The quantitative estimate of drug-likeness (QED) is 0.873. The van der Waals surface area contributed by atoms with E-state index in [-0.39, 0.29) is 4.90 Å². The Labute approximate surface area is 128 Å². The van der Waals surface area contributed by atoms with Gasteiger partial charge in [0.15, 0.2) is 0 Å². The van der Waals surface area contributed by atoms with Crippen molar-refractivity contribution in [3.05, 3.63) is 23.3 Å². The van der Waals surface area contributed by atoms with Crippen LogP contribution in [0.2, 0.25) is 0 Å². The van der Waals surface area contributed by atoms with Gasteiger partial charge in [-0.1, -0.05) is 13.3 Å². The minimum atomic E-state index is -3.48. The lowest BCUT2D eigenvalue weighted by Crippen LogP contribution is -2.32. The minimum absolute atomic E-state index is 0.264. The van der Waals surface area contributed by atoms with Gasteiger partial charge in [-0.05, 0) is 62.3 Å². The van der Waals surface area contributed by atoms with Crippen molar-refractivity contribution in [2.45, 2.75) is 51.3 Å². The van der Waals surface area contributed by atoms with Gasteiger partial charge in [-0.25, -0.2) is 8.42 Å². The number of nitrogens with zero attached hydrogens (tertiary/aromatic N) is 1. The lowest BCUT2D eigenvalue weighted by molar-refractivity contribution is 0.407. The van der Waals surface area contributed by atoms with Crippen molar-refractivity contribution in [2.75, 3.05) is 18.8 Å². The summed E-state index contributed by atoms with van der Waals surface area (Å²) in [7, 11) is -3.48. The van der Waals surface area contributed by atoms with Crippen LogP contribution in [-0.2, 0) is 10.0 Å². The fraction of sp³-hybridized carbons (Fsp3) is 0.625. The average molecular weight is 310 g/mol. The molecule has 1 heterocycles. The van der Waals surface area contributed by atoms with E-state index in [4.69, 9.17) is 5.73 Å². The Morgan fingerprint density at radius 2 is 1.86 bits per heavy atom. The molecule has 1 aromatic carbocycles. The fourth-order valence-electron chi connectivity index (χ4n) is 2.96. The number of hydrogen-bond acceptors (Lipinski definition) is 3. The summed E-state index contributed by atoms with van der Waals surface area (Å²) in [5.74, 6) is 0.641. The Morgan fingerprint density at radius 3 is 2.52 bits per heavy atom. The summed E-state index contributed by atoms with van der Waals surface area (Å²) < 4.78 is 27.3. The van der Waals surface area contributed by atoms with Gasteiger partial charge in [0.25, 0.3) is 0 Å². The summed E-state index contributed by atoms with van der Waals surface area (Å²) in [6, 6.07) is 3.47. The Kier molecular flexibility index (Phi) is 4.94. The van der Waals surface area contributed by atoms with Crippen LogP contribution >= 0.6 is 0 Å². The van der Waals surface area contributed by atoms with Crippen LogP contribution in [0, 0.1) is 19.8 Å². The summed E-state index contributed by atoms with van der Waals surface area (Å²) in [5.41, 5.74) is 8.31. The molecule has 118 valence electrons. The highest BCUT2D eigenvalue weighted by Crippen LogP contribution is 2.29. The molecule has 0 spiro atoms. The van der Waals surface area contributed by atoms with Gasteiger partial charge in [-0.3, -0.25) is 0 Å². The van der Waals surface area contributed by atoms with E-state index in [0.717, 1.165) is 36.8 Å². The first-order valence-electron chi connectivity index (χ1n) is 7.73. The summed E-state index contributed by atoms with van der Waals surface area (Å²) in [6.07, 6.45) is 4.12. The molecule has 0 saturated carbocycles. The van der Waals surface area contributed by atoms with Gasteiger partial charge in [0.05, 0.1) is 5.69 Å². The zero-order valence-corrected chi connectivity index (χ0v) is 14.0. The summed E-state index contributed by atoms with van der Waals surface area (Å²) in [5, 5.41) is 0. The zero-order valence-electron chi connectivity index (χ0n) is 13.2. The number of sulfonamides is 1. The third-order valence-electron chi connectivity index (χ3n) is 4.63. The lowest BCUT2D eigenvalue weighted by atomic mass is 9.98. The highest BCUT2D eigenvalue weighted by molar-refractivity contribution is 7.89. The van der Waals surface area contributed by atoms with E-state index in [0.29, 0.717) is 24.7 Å². The van der Waals surface area contributed by atoms with Gasteiger partial charge in [-0.2, -0.15) is 4.31 Å². The van der Waals surface area contributed by atoms with Crippen molar-refractivity contribution in [1.82, 2.24) is 4.31 Å². The standard InChI is InChI=1S/C16H26N2O2S/c1-4-14-6-5-8-18(9-7-14)21(19,20)16-11-13(3)12(2)10-15(16)17/h10-11,14H,4-9,17H2,1-3H3. The molecule has 0 aromatic heterocycles. The molecule has 1 atom stereocenters. The number of rotatable bonds is 3. The number of aryl methyl sites for hydroxylation is 2. The molecule has 0 aliphatic carbocycles. The molecule has 1 aromatic rings. The first kappa shape index (κ1) is 16.3. The second-order valence-corrected chi connectivity index (χ2v) is 7.99. The van der Waals surface area contributed by atoms with Crippen molar-refractivity contribution < 1.29 is 8.42 Å². The molecule has 1 saturated heterocycles. The van der Waals surface area contributed by atoms with Crippen LogP contribution < -0.4 is 5.73 Å².